The van der Waals surface area contributed by atoms with Crippen LogP contribution in [0.15, 0.2) is 18.2 Å². The topological polar surface area (TPSA) is 86.3 Å². The van der Waals surface area contributed by atoms with Gasteiger partial charge in [0.1, 0.15) is 0 Å². The standard InChI is InChI=1S/C6H5N2O4P/c9-7(10)4-1-2-5(8(11)12)6(13)3-4/h1-3H,13H2. The van der Waals surface area contributed by atoms with Crippen LogP contribution in [0.2, 0.25) is 0 Å². The van der Waals surface area contributed by atoms with E-state index < -0.39 is 9.85 Å². The SMILES string of the molecule is O=[N+]([O-])c1ccc([N+](=O)[O-])c(P)c1. The van der Waals surface area contributed by atoms with Crippen LogP contribution in [0.5, 0.6) is 0 Å². The number of rotatable bonds is 2. The maximum atomic E-state index is 10.3. The average Bonchev–Trinajstić information content (AvgIpc) is 2.03. The summed E-state index contributed by atoms with van der Waals surface area (Å²) in [6.07, 6.45) is 0. The van der Waals surface area contributed by atoms with Gasteiger partial charge in [-0.25, -0.2) is 0 Å². The lowest BCUT2D eigenvalue weighted by molar-refractivity contribution is -0.388. The summed E-state index contributed by atoms with van der Waals surface area (Å²) in [5.74, 6) is 0. The molecule has 6 nitrogen and oxygen atoms in total. The molecule has 0 aliphatic heterocycles. The third-order valence-electron chi connectivity index (χ3n) is 1.42. The summed E-state index contributed by atoms with van der Waals surface area (Å²) < 4.78 is 0. The highest BCUT2D eigenvalue weighted by Gasteiger charge is 2.14. The van der Waals surface area contributed by atoms with Gasteiger partial charge in [-0.1, -0.05) is 9.24 Å². The number of nitro groups is 2. The van der Waals surface area contributed by atoms with Gasteiger partial charge in [0, 0.05) is 18.2 Å². The minimum atomic E-state index is -0.600. The van der Waals surface area contributed by atoms with E-state index in [1.807, 2.05) is 0 Å². The molecular weight excluding hydrogens is 195 g/mol. The van der Waals surface area contributed by atoms with Gasteiger partial charge in [-0.2, -0.15) is 0 Å². The van der Waals surface area contributed by atoms with Gasteiger partial charge >= 0.3 is 0 Å². The van der Waals surface area contributed by atoms with E-state index in [4.69, 9.17) is 0 Å². The van der Waals surface area contributed by atoms with E-state index in [0.29, 0.717) is 0 Å². The van der Waals surface area contributed by atoms with Gasteiger partial charge in [0.2, 0.25) is 0 Å². The number of nitro benzene ring substituents is 2. The second kappa shape index (κ2) is 3.45. The van der Waals surface area contributed by atoms with Crippen LogP contribution in [0.4, 0.5) is 11.4 Å². The van der Waals surface area contributed by atoms with Crippen LogP contribution in [0, 0.1) is 20.2 Å². The molecule has 0 spiro atoms. The Morgan fingerprint density at radius 3 is 2.15 bits per heavy atom. The third-order valence-corrected chi connectivity index (χ3v) is 1.88. The maximum absolute atomic E-state index is 10.3. The summed E-state index contributed by atoms with van der Waals surface area (Å²) in [5, 5.41) is 20.8. The Kier molecular flexibility index (Phi) is 2.53. The average molecular weight is 200 g/mol. The quantitative estimate of drug-likeness (QED) is 0.404. The van der Waals surface area contributed by atoms with E-state index in [1.54, 1.807) is 0 Å². The molecule has 0 fully saturated rings. The van der Waals surface area contributed by atoms with Crippen LogP contribution in [-0.2, 0) is 0 Å². The van der Waals surface area contributed by atoms with Crippen molar-refractivity contribution < 1.29 is 9.85 Å². The Morgan fingerprint density at radius 1 is 1.15 bits per heavy atom. The Hall–Kier alpha value is -1.55. The summed E-state index contributed by atoms with van der Waals surface area (Å²) in [7, 11) is 2.09. The van der Waals surface area contributed by atoms with Gasteiger partial charge < -0.3 is 0 Å². The number of non-ortho nitro benzene ring substituents is 1. The van der Waals surface area contributed by atoms with Crippen molar-refractivity contribution in [2.24, 2.45) is 0 Å². The summed E-state index contributed by atoms with van der Waals surface area (Å²) in [6, 6.07) is 3.36. The monoisotopic (exact) mass is 200 g/mol. The Bertz CT molecular complexity index is 379. The highest BCUT2D eigenvalue weighted by atomic mass is 31.0. The molecule has 7 heteroatoms. The first kappa shape index (κ1) is 9.54. The van der Waals surface area contributed by atoms with Crippen LogP contribution in [-0.4, -0.2) is 9.85 Å². The molecular formula is C6H5N2O4P. The number of hydrogen-bond donors (Lipinski definition) is 0. The fraction of sp³-hybridized carbons (Fsp3) is 0. The van der Waals surface area contributed by atoms with Crippen molar-refractivity contribution in [3.63, 3.8) is 0 Å². The fourth-order valence-electron chi connectivity index (χ4n) is 0.822. The minimum absolute atomic E-state index is 0.143. The molecule has 1 atom stereocenters. The molecule has 13 heavy (non-hydrogen) atoms. The number of benzene rings is 1. The molecule has 1 aromatic rings. The lowest BCUT2D eigenvalue weighted by Crippen LogP contribution is -2.02. The summed E-state index contributed by atoms with van der Waals surface area (Å²) in [5.41, 5.74) is -0.300. The molecule has 0 heterocycles. The molecule has 0 aromatic heterocycles. The van der Waals surface area contributed by atoms with Crippen LogP contribution >= 0.6 is 9.24 Å². The van der Waals surface area contributed by atoms with E-state index in [2.05, 4.69) is 9.24 Å². The Labute approximate surface area is 75.1 Å². The fourth-order valence-corrected chi connectivity index (χ4v) is 1.19. The minimum Gasteiger partial charge on any atom is -0.258 e. The molecule has 0 aliphatic rings. The van der Waals surface area contributed by atoms with Crippen molar-refractivity contribution >= 4 is 25.9 Å². The molecule has 0 N–H and O–H groups in total. The second-order valence-electron chi connectivity index (χ2n) is 2.26. The molecule has 0 amide bonds. The molecule has 0 aliphatic carbocycles. The number of hydrogen-bond acceptors (Lipinski definition) is 4. The molecule has 1 rings (SSSR count). The van der Waals surface area contributed by atoms with E-state index in [-0.39, 0.29) is 16.7 Å². The molecule has 0 saturated heterocycles. The molecule has 1 aromatic carbocycles. The Balaban J connectivity index is 3.20. The van der Waals surface area contributed by atoms with Crippen LogP contribution in [0.3, 0.4) is 0 Å². The Morgan fingerprint density at radius 2 is 1.77 bits per heavy atom. The third kappa shape index (κ3) is 1.97. The zero-order valence-corrected chi connectivity index (χ0v) is 7.49. The van der Waals surface area contributed by atoms with Crippen molar-refractivity contribution in [1.82, 2.24) is 0 Å². The lowest BCUT2D eigenvalue weighted by atomic mass is 10.3. The van der Waals surface area contributed by atoms with Gasteiger partial charge in [-0.05, 0) is 0 Å². The molecule has 0 saturated carbocycles. The van der Waals surface area contributed by atoms with Crippen molar-refractivity contribution in [3.05, 3.63) is 38.4 Å². The first-order chi connectivity index (χ1) is 6.02. The zero-order valence-electron chi connectivity index (χ0n) is 6.34. The first-order valence-electron chi connectivity index (χ1n) is 3.20. The lowest BCUT2D eigenvalue weighted by Gasteiger charge is -1.95. The van der Waals surface area contributed by atoms with Gasteiger partial charge in [0.05, 0.1) is 15.2 Å². The van der Waals surface area contributed by atoms with E-state index in [9.17, 15) is 20.2 Å². The number of nitrogens with zero attached hydrogens (tertiary/aromatic N) is 2. The summed E-state index contributed by atoms with van der Waals surface area (Å²) in [6.45, 7) is 0. The first-order valence-corrected chi connectivity index (χ1v) is 3.78. The van der Waals surface area contributed by atoms with Gasteiger partial charge in [0.15, 0.2) is 0 Å². The van der Waals surface area contributed by atoms with E-state index >= 15 is 0 Å². The largest absolute Gasteiger partial charge is 0.276 e. The molecule has 0 bridgehead atoms. The maximum Gasteiger partial charge on any atom is 0.276 e. The van der Waals surface area contributed by atoms with E-state index in [1.165, 1.54) is 0 Å². The van der Waals surface area contributed by atoms with Gasteiger partial charge in [0.25, 0.3) is 11.4 Å². The van der Waals surface area contributed by atoms with Crippen LogP contribution < -0.4 is 5.30 Å². The zero-order chi connectivity index (χ0) is 10.0. The molecule has 1 unspecified atom stereocenters. The second-order valence-corrected chi connectivity index (χ2v) is 2.88. The van der Waals surface area contributed by atoms with Crippen molar-refractivity contribution in [1.29, 1.82) is 0 Å². The molecule has 68 valence electrons. The van der Waals surface area contributed by atoms with Crippen LogP contribution in [0.1, 0.15) is 0 Å². The normalized spacial score (nSPS) is 9.62. The smallest absolute Gasteiger partial charge is 0.258 e. The molecule has 0 radical (unpaired) electrons. The van der Waals surface area contributed by atoms with Gasteiger partial charge in [-0.3, -0.25) is 20.2 Å². The summed E-state index contributed by atoms with van der Waals surface area (Å²) in [4.78, 5) is 19.4. The predicted molar refractivity (Wildman–Crippen MR) is 49.1 cm³/mol. The van der Waals surface area contributed by atoms with Crippen molar-refractivity contribution in [3.8, 4) is 0 Å². The van der Waals surface area contributed by atoms with Gasteiger partial charge in [-0.15, -0.1) is 0 Å². The predicted octanol–water partition coefficient (Wildman–Crippen LogP) is 1.00. The van der Waals surface area contributed by atoms with E-state index in [0.717, 1.165) is 18.2 Å². The highest BCUT2D eigenvalue weighted by molar-refractivity contribution is 7.28. The highest BCUT2D eigenvalue weighted by Crippen LogP contribution is 2.17. The van der Waals surface area contributed by atoms with Crippen molar-refractivity contribution in [2.75, 3.05) is 0 Å². The summed E-state index contributed by atoms with van der Waals surface area (Å²) >= 11 is 0. The van der Waals surface area contributed by atoms with Crippen molar-refractivity contribution in [2.45, 2.75) is 0 Å². The van der Waals surface area contributed by atoms with Crippen LogP contribution in [0.25, 0.3) is 0 Å².